The number of hydrogen-bond donors (Lipinski definition) is 0. The first-order chi connectivity index (χ1) is 12.9. The second-order valence-electron chi connectivity index (χ2n) is 5.73. The zero-order valence-corrected chi connectivity index (χ0v) is 14.1. The minimum absolute atomic E-state index is 0.992. The van der Waals surface area contributed by atoms with Gasteiger partial charge in [0.05, 0.1) is 11.4 Å². The minimum Gasteiger partial charge on any atom is -0.275 e. The molecule has 0 aliphatic heterocycles. The van der Waals surface area contributed by atoms with Gasteiger partial charge in [-0.2, -0.15) is 0 Å². The zero-order valence-electron chi connectivity index (χ0n) is 14.1. The molecule has 122 valence electrons. The summed E-state index contributed by atoms with van der Waals surface area (Å²) < 4.78 is 3.87. The van der Waals surface area contributed by atoms with Crippen molar-refractivity contribution >= 4 is 0 Å². The Labute approximate surface area is 153 Å². The molecule has 2 heterocycles. The molecule has 0 radical (unpaired) electrons. The third-order valence-corrected chi connectivity index (χ3v) is 3.95. The van der Waals surface area contributed by atoms with Gasteiger partial charge in [-0.3, -0.25) is 9.13 Å². The van der Waals surface area contributed by atoms with Crippen molar-refractivity contribution in [3.8, 4) is 35.3 Å². The van der Waals surface area contributed by atoms with Crippen LogP contribution in [0.4, 0.5) is 0 Å². The molecule has 26 heavy (non-hydrogen) atoms. The normalized spacial score (nSPS) is 9.69. The highest BCUT2D eigenvalue weighted by atomic mass is 15.0. The Morgan fingerprint density at radius 1 is 0.462 bits per heavy atom. The van der Waals surface area contributed by atoms with Crippen LogP contribution in [0.25, 0.3) is 11.4 Å². The highest BCUT2D eigenvalue weighted by Crippen LogP contribution is 2.20. The maximum absolute atomic E-state index is 3.20. The summed E-state index contributed by atoms with van der Waals surface area (Å²) in [4.78, 5) is 0. The summed E-state index contributed by atoms with van der Waals surface area (Å²) in [6.45, 7) is 0. The molecule has 4 rings (SSSR count). The number of nitrogens with zero attached hydrogens (tertiary/aromatic N) is 2. The summed E-state index contributed by atoms with van der Waals surface area (Å²) in [5, 5.41) is 0. The van der Waals surface area contributed by atoms with E-state index in [1.165, 1.54) is 0 Å². The molecule has 0 bridgehead atoms. The molecule has 0 saturated carbocycles. The van der Waals surface area contributed by atoms with E-state index >= 15 is 0 Å². The first kappa shape index (κ1) is 15.6. The van der Waals surface area contributed by atoms with Gasteiger partial charge in [0.1, 0.15) is 0 Å². The lowest BCUT2D eigenvalue weighted by Crippen LogP contribution is -1.96. The average molecular weight is 332 g/mol. The fourth-order valence-corrected chi connectivity index (χ4v) is 2.67. The highest BCUT2D eigenvalue weighted by Gasteiger charge is 2.06. The summed E-state index contributed by atoms with van der Waals surface area (Å²) in [7, 11) is 0. The van der Waals surface area contributed by atoms with E-state index < -0.39 is 0 Å². The van der Waals surface area contributed by atoms with Crippen molar-refractivity contribution < 1.29 is 0 Å². The van der Waals surface area contributed by atoms with Gasteiger partial charge in [0.15, 0.2) is 0 Å². The van der Waals surface area contributed by atoms with Crippen LogP contribution in [0.3, 0.4) is 0 Å². The Morgan fingerprint density at radius 3 is 1.31 bits per heavy atom. The Morgan fingerprint density at radius 2 is 0.885 bits per heavy atom. The van der Waals surface area contributed by atoms with Gasteiger partial charge in [0.2, 0.25) is 0 Å². The first-order valence-electron chi connectivity index (χ1n) is 8.39. The molecule has 2 aromatic heterocycles. The monoisotopic (exact) mass is 332 g/mol. The van der Waals surface area contributed by atoms with Crippen LogP contribution in [0, 0.1) is 23.9 Å². The lowest BCUT2D eigenvalue weighted by molar-refractivity contribution is 1.08. The van der Waals surface area contributed by atoms with Gasteiger partial charge in [-0.1, -0.05) is 36.4 Å². The zero-order chi connectivity index (χ0) is 17.6. The Kier molecular flexibility index (Phi) is 4.42. The van der Waals surface area contributed by atoms with Crippen LogP contribution >= 0.6 is 0 Å². The van der Waals surface area contributed by atoms with Crippen molar-refractivity contribution in [2.75, 3.05) is 0 Å². The molecule has 0 saturated heterocycles. The van der Waals surface area contributed by atoms with E-state index in [1.807, 2.05) is 94.3 Å². The molecular formula is C24H16N2. The smallest absolute Gasteiger partial charge is 0.0786 e. The van der Waals surface area contributed by atoms with Crippen LogP contribution in [0.5, 0.6) is 0 Å². The first-order valence-corrected chi connectivity index (χ1v) is 8.39. The second-order valence-corrected chi connectivity index (χ2v) is 5.73. The predicted octanol–water partition coefficient (Wildman–Crippen LogP) is 4.67. The van der Waals surface area contributed by atoms with Crippen LogP contribution in [-0.4, -0.2) is 9.13 Å². The van der Waals surface area contributed by atoms with Crippen molar-refractivity contribution in [3.63, 3.8) is 0 Å². The Balaban J connectivity index is 1.67. The van der Waals surface area contributed by atoms with Gasteiger partial charge in [0.25, 0.3) is 0 Å². The molecule has 0 aliphatic carbocycles. The van der Waals surface area contributed by atoms with Crippen molar-refractivity contribution in [1.82, 2.24) is 9.13 Å². The number of benzene rings is 2. The predicted molar refractivity (Wildman–Crippen MR) is 105 cm³/mol. The van der Waals surface area contributed by atoms with E-state index in [4.69, 9.17) is 0 Å². The van der Waals surface area contributed by atoms with Crippen LogP contribution in [0.15, 0.2) is 97.3 Å². The van der Waals surface area contributed by atoms with E-state index in [0.717, 1.165) is 22.5 Å². The minimum atomic E-state index is 0.992. The van der Waals surface area contributed by atoms with E-state index in [-0.39, 0.29) is 0 Å². The van der Waals surface area contributed by atoms with Gasteiger partial charge in [-0.25, -0.2) is 0 Å². The number of aromatic nitrogens is 2. The van der Waals surface area contributed by atoms with Gasteiger partial charge >= 0.3 is 0 Å². The summed E-state index contributed by atoms with van der Waals surface area (Å²) in [5.41, 5.74) is 4.01. The SMILES string of the molecule is C(#Cn1cccc1-c1cccn1C#Cc1ccccc1)c1ccccc1. The molecule has 2 heteroatoms. The van der Waals surface area contributed by atoms with E-state index in [9.17, 15) is 0 Å². The number of rotatable bonds is 1. The average Bonchev–Trinajstić information content (AvgIpc) is 3.35. The molecular weight excluding hydrogens is 316 g/mol. The maximum atomic E-state index is 3.20. The van der Waals surface area contributed by atoms with Gasteiger partial charge < -0.3 is 0 Å². The fraction of sp³-hybridized carbons (Fsp3) is 0. The molecule has 0 spiro atoms. The topological polar surface area (TPSA) is 9.86 Å². The largest absolute Gasteiger partial charge is 0.275 e. The van der Waals surface area contributed by atoms with E-state index in [1.54, 1.807) is 0 Å². The molecule has 0 atom stereocenters. The van der Waals surface area contributed by atoms with Crippen molar-refractivity contribution in [2.45, 2.75) is 0 Å². The summed E-state index contributed by atoms with van der Waals surface area (Å²) in [6.07, 6.45) is 3.93. The third-order valence-electron chi connectivity index (χ3n) is 3.95. The second kappa shape index (κ2) is 7.34. The van der Waals surface area contributed by atoms with Crippen molar-refractivity contribution in [2.24, 2.45) is 0 Å². The molecule has 0 aliphatic rings. The molecule has 0 N–H and O–H groups in total. The highest BCUT2D eigenvalue weighted by molar-refractivity contribution is 5.60. The van der Waals surface area contributed by atoms with Gasteiger partial charge in [-0.15, -0.1) is 0 Å². The summed E-state index contributed by atoms with van der Waals surface area (Å²) in [5.74, 6) is 6.39. The summed E-state index contributed by atoms with van der Waals surface area (Å²) in [6, 6.07) is 34.5. The molecule has 2 nitrogen and oxygen atoms in total. The lowest BCUT2D eigenvalue weighted by atomic mass is 10.2. The van der Waals surface area contributed by atoms with E-state index in [2.05, 4.69) is 36.1 Å². The Hall–Kier alpha value is -3.88. The molecule has 4 aromatic rings. The van der Waals surface area contributed by atoms with Crippen LogP contribution in [-0.2, 0) is 0 Å². The van der Waals surface area contributed by atoms with E-state index in [0.29, 0.717) is 0 Å². The molecule has 0 amide bonds. The van der Waals surface area contributed by atoms with Gasteiger partial charge in [-0.05, 0) is 60.4 Å². The van der Waals surface area contributed by atoms with Crippen molar-refractivity contribution in [1.29, 1.82) is 0 Å². The number of hydrogen-bond acceptors (Lipinski definition) is 0. The Bertz CT molecular complexity index is 1030. The molecule has 2 aromatic carbocycles. The quantitative estimate of drug-likeness (QED) is 0.448. The van der Waals surface area contributed by atoms with Crippen LogP contribution in [0.1, 0.15) is 11.1 Å². The maximum Gasteiger partial charge on any atom is 0.0786 e. The fourth-order valence-electron chi connectivity index (χ4n) is 2.67. The molecule has 0 fully saturated rings. The van der Waals surface area contributed by atoms with Crippen LogP contribution < -0.4 is 0 Å². The summed E-state index contributed by atoms with van der Waals surface area (Å²) >= 11 is 0. The third kappa shape index (κ3) is 3.46. The van der Waals surface area contributed by atoms with Crippen LogP contribution in [0.2, 0.25) is 0 Å². The van der Waals surface area contributed by atoms with Crippen molar-refractivity contribution in [3.05, 3.63) is 108 Å². The van der Waals surface area contributed by atoms with Gasteiger partial charge in [0, 0.05) is 35.6 Å². The standard InChI is InChI=1S/C24H16N2/c1-3-9-21(10-4-1)15-19-25-17-7-13-23(25)24-14-8-18-26(24)20-16-22-11-5-2-6-12-22/h1-14,17-18H. The molecule has 0 unspecified atom stereocenters. The lowest BCUT2D eigenvalue weighted by Gasteiger charge is -2.03.